The minimum Gasteiger partial charge on any atom is -0.362 e. The molecule has 106 valence electrons. The lowest BCUT2D eigenvalue weighted by atomic mass is 10.2. The number of pyridine rings is 1. The van der Waals surface area contributed by atoms with Crippen molar-refractivity contribution in [2.24, 2.45) is 0 Å². The Balaban J connectivity index is 1.83. The van der Waals surface area contributed by atoms with Gasteiger partial charge in [-0.1, -0.05) is 13.0 Å². The summed E-state index contributed by atoms with van der Waals surface area (Å²) in [5.74, 6) is 0. The first-order valence-corrected chi connectivity index (χ1v) is 7.99. The van der Waals surface area contributed by atoms with E-state index in [-0.39, 0.29) is 5.56 Å². The van der Waals surface area contributed by atoms with Gasteiger partial charge in [-0.3, -0.25) is 4.79 Å². The zero-order valence-electron chi connectivity index (χ0n) is 11.7. The second kappa shape index (κ2) is 5.79. The van der Waals surface area contributed by atoms with Crippen LogP contribution in [0.4, 0.5) is 5.13 Å². The standard InChI is InChI=1S/C15H19N3OS/c1-2-8-16-15-17-9-12(20-15)10-18-13-5-3-4-11(13)6-7-14(18)19/h6-7,9H,2-5,8,10H2,1H3,(H,16,17). The molecule has 20 heavy (non-hydrogen) atoms. The van der Waals surface area contributed by atoms with Gasteiger partial charge in [0, 0.05) is 29.4 Å². The van der Waals surface area contributed by atoms with Gasteiger partial charge >= 0.3 is 0 Å². The van der Waals surface area contributed by atoms with Crippen LogP contribution < -0.4 is 10.9 Å². The van der Waals surface area contributed by atoms with E-state index in [1.165, 1.54) is 11.3 Å². The Hall–Kier alpha value is -1.62. The summed E-state index contributed by atoms with van der Waals surface area (Å²) in [6, 6.07) is 3.68. The average molecular weight is 289 g/mol. The molecule has 0 saturated carbocycles. The quantitative estimate of drug-likeness (QED) is 0.920. The van der Waals surface area contributed by atoms with Crippen molar-refractivity contribution >= 4 is 16.5 Å². The molecule has 0 unspecified atom stereocenters. The highest BCUT2D eigenvalue weighted by Gasteiger charge is 2.16. The number of rotatable bonds is 5. The Morgan fingerprint density at radius 3 is 3.15 bits per heavy atom. The number of nitrogens with zero attached hydrogens (tertiary/aromatic N) is 2. The maximum Gasteiger partial charge on any atom is 0.251 e. The second-order valence-electron chi connectivity index (χ2n) is 5.14. The number of aryl methyl sites for hydroxylation is 1. The van der Waals surface area contributed by atoms with Gasteiger partial charge in [-0.25, -0.2) is 4.98 Å². The fraction of sp³-hybridized carbons (Fsp3) is 0.467. The van der Waals surface area contributed by atoms with Crippen LogP contribution >= 0.6 is 11.3 Å². The molecule has 1 aliphatic rings. The summed E-state index contributed by atoms with van der Waals surface area (Å²) in [5.41, 5.74) is 2.65. The predicted molar refractivity (Wildman–Crippen MR) is 82.7 cm³/mol. The third-order valence-electron chi connectivity index (χ3n) is 3.64. The van der Waals surface area contributed by atoms with Crippen LogP contribution in [-0.2, 0) is 19.4 Å². The van der Waals surface area contributed by atoms with E-state index in [0.717, 1.165) is 42.2 Å². The zero-order chi connectivity index (χ0) is 13.9. The van der Waals surface area contributed by atoms with Crippen LogP contribution in [0.5, 0.6) is 0 Å². The topological polar surface area (TPSA) is 46.9 Å². The van der Waals surface area contributed by atoms with E-state index in [2.05, 4.69) is 17.2 Å². The number of nitrogens with one attached hydrogen (secondary N) is 1. The smallest absolute Gasteiger partial charge is 0.251 e. The third kappa shape index (κ3) is 2.63. The molecule has 3 rings (SSSR count). The molecular formula is C15H19N3OS. The number of anilines is 1. The number of thiazole rings is 1. The van der Waals surface area contributed by atoms with E-state index in [4.69, 9.17) is 0 Å². The summed E-state index contributed by atoms with van der Waals surface area (Å²) in [6.45, 7) is 3.72. The Kier molecular flexibility index (Phi) is 3.87. The van der Waals surface area contributed by atoms with Gasteiger partial charge < -0.3 is 9.88 Å². The van der Waals surface area contributed by atoms with Crippen molar-refractivity contribution in [3.8, 4) is 0 Å². The Morgan fingerprint density at radius 1 is 1.40 bits per heavy atom. The minimum absolute atomic E-state index is 0.0992. The van der Waals surface area contributed by atoms with Crippen LogP contribution in [-0.4, -0.2) is 16.1 Å². The van der Waals surface area contributed by atoms with E-state index < -0.39 is 0 Å². The maximum absolute atomic E-state index is 12.1. The zero-order valence-corrected chi connectivity index (χ0v) is 12.5. The van der Waals surface area contributed by atoms with Gasteiger partial charge in [-0.05, 0) is 31.2 Å². The highest BCUT2D eigenvalue weighted by Crippen LogP contribution is 2.23. The fourth-order valence-electron chi connectivity index (χ4n) is 2.66. The van der Waals surface area contributed by atoms with Crippen LogP contribution in [0.2, 0.25) is 0 Å². The second-order valence-corrected chi connectivity index (χ2v) is 6.26. The van der Waals surface area contributed by atoms with Crippen LogP contribution in [0.25, 0.3) is 0 Å². The van der Waals surface area contributed by atoms with E-state index in [1.54, 1.807) is 17.4 Å². The van der Waals surface area contributed by atoms with E-state index in [9.17, 15) is 4.79 Å². The summed E-state index contributed by atoms with van der Waals surface area (Å²) in [5, 5.41) is 4.23. The molecule has 2 aromatic rings. The third-order valence-corrected chi connectivity index (χ3v) is 4.58. The Labute approximate surface area is 122 Å². The number of aromatic nitrogens is 2. The van der Waals surface area contributed by atoms with Crippen LogP contribution in [0.15, 0.2) is 23.1 Å². The molecule has 0 aliphatic heterocycles. The van der Waals surface area contributed by atoms with E-state index in [1.807, 2.05) is 16.8 Å². The summed E-state index contributed by atoms with van der Waals surface area (Å²) in [4.78, 5) is 17.6. The van der Waals surface area contributed by atoms with Crippen LogP contribution in [0.1, 0.15) is 35.9 Å². The normalized spacial score (nSPS) is 13.4. The number of fused-ring (bicyclic) bond motifs is 1. The van der Waals surface area contributed by atoms with Gasteiger partial charge in [0.05, 0.1) is 6.54 Å². The van der Waals surface area contributed by atoms with E-state index in [0.29, 0.717) is 6.54 Å². The molecule has 2 heterocycles. The predicted octanol–water partition coefficient (Wildman–Crippen LogP) is 2.66. The first-order valence-electron chi connectivity index (χ1n) is 7.18. The van der Waals surface area contributed by atoms with Gasteiger partial charge in [0.2, 0.25) is 0 Å². The van der Waals surface area contributed by atoms with Crippen molar-refractivity contribution in [3.05, 3.63) is 44.8 Å². The largest absolute Gasteiger partial charge is 0.362 e. The molecule has 0 saturated heterocycles. The molecule has 0 radical (unpaired) electrons. The monoisotopic (exact) mass is 289 g/mol. The molecule has 5 heteroatoms. The van der Waals surface area contributed by atoms with Gasteiger partial charge in [0.15, 0.2) is 5.13 Å². The molecule has 0 atom stereocenters. The van der Waals surface area contributed by atoms with Crippen molar-refractivity contribution in [1.82, 2.24) is 9.55 Å². The highest BCUT2D eigenvalue weighted by molar-refractivity contribution is 7.15. The fourth-order valence-corrected chi connectivity index (χ4v) is 3.48. The lowest BCUT2D eigenvalue weighted by Gasteiger charge is -2.10. The molecule has 0 spiro atoms. The SMILES string of the molecule is CCCNc1ncc(Cn2c3c(ccc2=O)CCC3)s1. The van der Waals surface area contributed by atoms with Crippen molar-refractivity contribution in [2.45, 2.75) is 39.2 Å². The summed E-state index contributed by atoms with van der Waals surface area (Å²) >= 11 is 1.64. The minimum atomic E-state index is 0.0992. The summed E-state index contributed by atoms with van der Waals surface area (Å²) in [6.07, 6.45) is 6.24. The van der Waals surface area contributed by atoms with Crippen molar-refractivity contribution in [1.29, 1.82) is 0 Å². The van der Waals surface area contributed by atoms with Gasteiger partial charge in [0.25, 0.3) is 5.56 Å². The first kappa shape index (κ1) is 13.4. The molecule has 1 aliphatic carbocycles. The summed E-state index contributed by atoms with van der Waals surface area (Å²) < 4.78 is 1.92. The van der Waals surface area contributed by atoms with Gasteiger partial charge in [-0.2, -0.15) is 0 Å². The number of hydrogen-bond acceptors (Lipinski definition) is 4. The average Bonchev–Trinajstić information content (AvgIpc) is 3.08. The first-order chi connectivity index (χ1) is 9.78. The van der Waals surface area contributed by atoms with Crippen molar-refractivity contribution in [2.75, 3.05) is 11.9 Å². The summed E-state index contributed by atoms with van der Waals surface area (Å²) in [7, 11) is 0. The lowest BCUT2D eigenvalue weighted by molar-refractivity contribution is 0.714. The lowest BCUT2D eigenvalue weighted by Crippen LogP contribution is -2.22. The number of hydrogen-bond donors (Lipinski definition) is 1. The van der Waals surface area contributed by atoms with Gasteiger partial charge in [0.1, 0.15) is 0 Å². The van der Waals surface area contributed by atoms with Gasteiger partial charge in [-0.15, -0.1) is 11.3 Å². The van der Waals surface area contributed by atoms with Crippen molar-refractivity contribution < 1.29 is 0 Å². The molecule has 0 amide bonds. The van der Waals surface area contributed by atoms with Crippen LogP contribution in [0.3, 0.4) is 0 Å². The Bertz CT molecular complexity index is 659. The molecule has 2 aromatic heterocycles. The van der Waals surface area contributed by atoms with Crippen molar-refractivity contribution in [3.63, 3.8) is 0 Å². The van der Waals surface area contributed by atoms with Crippen LogP contribution in [0, 0.1) is 0 Å². The maximum atomic E-state index is 12.1. The molecule has 0 aromatic carbocycles. The molecule has 1 N–H and O–H groups in total. The molecule has 4 nitrogen and oxygen atoms in total. The molecular weight excluding hydrogens is 270 g/mol. The Morgan fingerprint density at radius 2 is 2.30 bits per heavy atom. The van der Waals surface area contributed by atoms with E-state index >= 15 is 0 Å². The highest BCUT2D eigenvalue weighted by atomic mass is 32.1. The molecule has 0 bridgehead atoms. The molecule has 0 fully saturated rings.